The van der Waals surface area contributed by atoms with Gasteiger partial charge in [0.2, 0.25) is 0 Å². The van der Waals surface area contributed by atoms with Crippen LogP contribution < -0.4 is 15.2 Å². The number of para-hydroxylation sites is 1. The number of ether oxygens (including phenoxy) is 2. The molecule has 4 heteroatoms. The predicted octanol–water partition coefficient (Wildman–Crippen LogP) is 3.36. The minimum absolute atomic E-state index is 0.166. The van der Waals surface area contributed by atoms with E-state index < -0.39 is 0 Å². The van der Waals surface area contributed by atoms with E-state index in [1.807, 2.05) is 19.1 Å². The summed E-state index contributed by atoms with van der Waals surface area (Å²) in [4.78, 5) is 2.44. The Balaban J connectivity index is 2.29. The van der Waals surface area contributed by atoms with Crippen LogP contribution in [0.3, 0.4) is 0 Å². The summed E-state index contributed by atoms with van der Waals surface area (Å²) in [5.74, 6) is 1.63. The van der Waals surface area contributed by atoms with Crippen LogP contribution in [0.25, 0.3) is 0 Å². The van der Waals surface area contributed by atoms with E-state index in [2.05, 4.69) is 18.0 Å². The van der Waals surface area contributed by atoms with Crippen molar-refractivity contribution < 1.29 is 9.47 Å². The van der Waals surface area contributed by atoms with Crippen molar-refractivity contribution in [1.82, 2.24) is 4.90 Å². The van der Waals surface area contributed by atoms with Crippen LogP contribution in [0.4, 0.5) is 0 Å². The van der Waals surface area contributed by atoms with Crippen molar-refractivity contribution >= 4 is 0 Å². The molecule has 1 aromatic carbocycles. The van der Waals surface area contributed by atoms with Gasteiger partial charge in [-0.2, -0.15) is 0 Å². The first kappa shape index (κ1) is 17.1. The average Bonchev–Trinajstić information content (AvgIpc) is 2.57. The molecule has 2 N–H and O–H groups in total. The molecule has 22 heavy (non-hydrogen) atoms. The summed E-state index contributed by atoms with van der Waals surface area (Å²) in [6, 6.07) is 6.86. The number of likely N-dealkylation sites (N-methyl/N-ethyl adjacent to an activating group) is 1. The zero-order valence-electron chi connectivity index (χ0n) is 14.2. The first-order valence-electron chi connectivity index (χ1n) is 8.44. The summed E-state index contributed by atoms with van der Waals surface area (Å²) in [6.07, 6.45) is 6.54. The Morgan fingerprint density at radius 3 is 2.59 bits per heavy atom. The molecule has 0 spiro atoms. The number of methoxy groups -OCH3 is 1. The molecule has 0 bridgehead atoms. The summed E-state index contributed by atoms with van der Waals surface area (Å²) >= 11 is 0. The van der Waals surface area contributed by atoms with Crippen molar-refractivity contribution in [2.45, 2.75) is 51.1 Å². The molecule has 1 aliphatic carbocycles. The molecule has 1 aromatic rings. The summed E-state index contributed by atoms with van der Waals surface area (Å²) in [6.45, 7) is 3.20. The Morgan fingerprint density at radius 1 is 1.27 bits per heavy atom. The molecular weight excluding hydrogens is 276 g/mol. The summed E-state index contributed by atoms with van der Waals surface area (Å²) < 4.78 is 11.3. The predicted molar refractivity (Wildman–Crippen MR) is 90.6 cm³/mol. The molecule has 0 saturated heterocycles. The molecule has 0 heterocycles. The van der Waals surface area contributed by atoms with Crippen molar-refractivity contribution in [2.24, 2.45) is 5.73 Å². The van der Waals surface area contributed by atoms with Crippen molar-refractivity contribution in [1.29, 1.82) is 0 Å². The molecule has 1 fully saturated rings. The van der Waals surface area contributed by atoms with Crippen LogP contribution in [0.1, 0.15) is 50.6 Å². The van der Waals surface area contributed by atoms with Gasteiger partial charge in [-0.3, -0.25) is 4.90 Å². The van der Waals surface area contributed by atoms with E-state index in [1.165, 1.54) is 32.1 Å². The summed E-state index contributed by atoms with van der Waals surface area (Å²) in [5, 5.41) is 0. The lowest BCUT2D eigenvalue weighted by Crippen LogP contribution is -2.39. The van der Waals surface area contributed by atoms with E-state index in [4.69, 9.17) is 15.2 Å². The molecule has 124 valence electrons. The highest BCUT2D eigenvalue weighted by atomic mass is 16.5. The highest BCUT2D eigenvalue weighted by molar-refractivity contribution is 5.48. The number of nitrogens with zero attached hydrogens (tertiary/aromatic N) is 1. The van der Waals surface area contributed by atoms with Crippen molar-refractivity contribution in [3.8, 4) is 11.5 Å². The molecule has 0 aliphatic heterocycles. The topological polar surface area (TPSA) is 47.7 Å². The van der Waals surface area contributed by atoms with E-state index in [0.29, 0.717) is 19.2 Å². The van der Waals surface area contributed by atoms with Gasteiger partial charge in [-0.1, -0.05) is 31.4 Å². The largest absolute Gasteiger partial charge is 0.493 e. The molecule has 1 aliphatic rings. The van der Waals surface area contributed by atoms with Gasteiger partial charge in [0.25, 0.3) is 0 Å². The fourth-order valence-electron chi connectivity index (χ4n) is 3.51. The third-order valence-corrected chi connectivity index (χ3v) is 4.74. The lowest BCUT2D eigenvalue weighted by molar-refractivity contribution is 0.137. The minimum atomic E-state index is 0.166. The Bertz CT molecular complexity index is 458. The lowest BCUT2D eigenvalue weighted by atomic mass is 9.92. The van der Waals surface area contributed by atoms with Crippen molar-refractivity contribution in [3.63, 3.8) is 0 Å². The second kappa shape index (κ2) is 8.39. The molecule has 4 nitrogen and oxygen atoms in total. The van der Waals surface area contributed by atoms with Crippen LogP contribution in [0.5, 0.6) is 11.5 Å². The van der Waals surface area contributed by atoms with E-state index in [-0.39, 0.29) is 6.04 Å². The SMILES string of the molecule is CCOc1c(OC)cccc1C(CN)N(C)C1CCCCC1. The van der Waals surface area contributed by atoms with Gasteiger partial charge in [-0.15, -0.1) is 0 Å². The number of rotatable bonds is 7. The normalized spacial score (nSPS) is 17.5. The Morgan fingerprint density at radius 2 is 2.00 bits per heavy atom. The molecule has 1 unspecified atom stereocenters. The van der Waals surface area contributed by atoms with Gasteiger partial charge in [0.15, 0.2) is 11.5 Å². The second-order valence-corrected chi connectivity index (χ2v) is 6.02. The fraction of sp³-hybridized carbons (Fsp3) is 0.667. The smallest absolute Gasteiger partial charge is 0.165 e. The second-order valence-electron chi connectivity index (χ2n) is 6.02. The van der Waals surface area contributed by atoms with Gasteiger partial charge >= 0.3 is 0 Å². The Labute approximate surface area is 134 Å². The van der Waals surface area contributed by atoms with Gasteiger partial charge in [0.05, 0.1) is 19.8 Å². The number of hydrogen-bond acceptors (Lipinski definition) is 4. The van der Waals surface area contributed by atoms with Crippen LogP contribution in [-0.4, -0.2) is 38.3 Å². The van der Waals surface area contributed by atoms with Gasteiger partial charge in [0.1, 0.15) is 0 Å². The van der Waals surface area contributed by atoms with Crippen molar-refractivity contribution in [3.05, 3.63) is 23.8 Å². The molecular formula is C18H30N2O2. The van der Waals surface area contributed by atoms with Gasteiger partial charge in [-0.05, 0) is 32.9 Å². The standard InChI is InChI=1S/C18H30N2O2/c1-4-22-18-15(11-8-12-17(18)21-3)16(13-19)20(2)14-9-6-5-7-10-14/h8,11-12,14,16H,4-7,9-10,13,19H2,1-3H3. The number of nitrogens with two attached hydrogens (primary N) is 1. The molecule has 0 amide bonds. The number of benzene rings is 1. The first-order valence-corrected chi connectivity index (χ1v) is 8.44. The van der Waals surface area contributed by atoms with Crippen molar-refractivity contribution in [2.75, 3.05) is 27.3 Å². The first-order chi connectivity index (χ1) is 10.7. The third kappa shape index (κ3) is 3.73. The van der Waals surface area contributed by atoms with E-state index in [1.54, 1.807) is 7.11 Å². The molecule has 1 saturated carbocycles. The van der Waals surface area contributed by atoms with Crippen LogP contribution >= 0.6 is 0 Å². The highest BCUT2D eigenvalue weighted by Gasteiger charge is 2.27. The minimum Gasteiger partial charge on any atom is -0.493 e. The Kier molecular flexibility index (Phi) is 6.52. The quantitative estimate of drug-likeness (QED) is 0.839. The van der Waals surface area contributed by atoms with Crippen LogP contribution in [0, 0.1) is 0 Å². The highest BCUT2D eigenvalue weighted by Crippen LogP contribution is 2.38. The Hall–Kier alpha value is -1.26. The van der Waals surface area contributed by atoms with Crippen LogP contribution in [-0.2, 0) is 0 Å². The molecule has 0 aromatic heterocycles. The molecule has 0 radical (unpaired) electrons. The van der Waals surface area contributed by atoms with E-state index >= 15 is 0 Å². The monoisotopic (exact) mass is 306 g/mol. The van der Waals surface area contributed by atoms with Crippen LogP contribution in [0.15, 0.2) is 18.2 Å². The van der Waals surface area contributed by atoms with Gasteiger partial charge < -0.3 is 15.2 Å². The zero-order valence-corrected chi connectivity index (χ0v) is 14.2. The fourth-order valence-corrected chi connectivity index (χ4v) is 3.51. The zero-order chi connectivity index (χ0) is 15.9. The maximum atomic E-state index is 6.13. The molecule has 1 atom stereocenters. The van der Waals surface area contributed by atoms with E-state index in [9.17, 15) is 0 Å². The van der Waals surface area contributed by atoms with E-state index in [0.717, 1.165) is 17.1 Å². The maximum absolute atomic E-state index is 6.13. The number of hydrogen-bond donors (Lipinski definition) is 1. The van der Waals surface area contributed by atoms with Gasteiger partial charge in [-0.25, -0.2) is 0 Å². The average molecular weight is 306 g/mol. The van der Waals surface area contributed by atoms with Gasteiger partial charge in [0, 0.05) is 18.2 Å². The third-order valence-electron chi connectivity index (χ3n) is 4.74. The van der Waals surface area contributed by atoms with Crippen LogP contribution in [0.2, 0.25) is 0 Å². The molecule has 2 rings (SSSR count). The lowest BCUT2D eigenvalue weighted by Gasteiger charge is -2.37. The summed E-state index contributed by atoms with van der Waals surface area (Å²) in [7, 11) is 3.88. The summed E-state index contributed by atoms with van der Waals surface area (Å²) in [5.41, 5.74) is 7.27. The maximum Gasteiger partial charge on any atom is 0.165 e.